The van der Waals surface area contributed by atoms with Gasteiger partial charge in [-0.3, -0.25) is 9.89 Å². The summed E-state index contributed by atoms with van der Waals surface area (Å²) in [4.78, 5) is 11.5. The quantitative estimate of drug-likeness (QED) is 0.278. The maximum atomic E-state index is 13.1. The topological polar surface area (TPSA) is 43.3 Å². The van der Waals surface area contributed by atoms with Gasteiger partial charge in [0, 0.05) is 58.5 Å². The van der Waals surface area contributed by atoms with Crippen LogP contribution < -0.4 is 10.2 Å². The van der Waals surface area contributed by atoms with Crippen LogP contribution >= 0.6 is 24.0 Å². The molecule has 0 amide bonds. The molecule has 0 aromatic heterocycles. The van der Waals surface area contributed by atoms with Crippen LogP contribution in [-0.2, 0) is 4.74 Å². The number of nitrogens with one attached hydrogen (secondary N) is 1. The third-order valence-electron chi connectivity index (χ3n) is 5.27. The first-order valence-electron chi connectivity index (χ1n) is 10.0. The largest absolute Gasteiger partial charge is 0.379 e. The number of benzene rings is 1. The van der Waals surface area contributed by atoms with Gasteiger partial charge in [0.25, 0.3) is 0 Å². The maximum Gasteiger partial charge on any atom is 0.193 e. The van der Waals surface area contributed by atoms with Crippen LogP contribution in [0.4, 0.5) is 10.1 Å². The van der Waals surface area contributed by atoms with Crippen LogP contribution in [0.2, 0.25) is 0 Å². The summed E-state index contributed by atoms with van der Waals surface area (Å²) in [5, 5.41) is 3.50. The molecule has 2 saturated heterocycles. The van der Waals surface area contributed by atoms with Crippen molar-refractivity contribution in [1.82, 2.24) is 15.1 Å². The Labute approximate surface area is 185 Å². The van der Waals surface area contributed by atoms with Crippen LogP contribution in [0.15, 0.2) is 29.3 Å². The van der Waals surface area contributed by atoms with E-state index >= 15 is 0 Å². The van der Waals surface area contributed by atoms with Gasteiger partial charge in [0.1, 0.15) is 5.82 Å². The molecule has 0 saturated carbocycles. The number of halogens is 2. The van der Waals surface area contributed by atoms with E-state index in [1.165, 1.54) is 18.6 Å². The van der Waals surface area contributed by atoms with Crippen LogP contribution in [0.25, 0.3) is 0 Å². The van der Waals surface area contributed by atoms with Crippen LogP contribution in [0.5, 0.6) is 0 Å². The number of morpholine rings is 1. The highest BCUT2D eigenvalue weighted by atomic mass is 127. The lowest BCUT2D eigenvalue weighted by molar-refractivity contribution is 0.0372. The van der Waals surface area contributed by atoms with E-state index < -0.39 is 0 Å². The normalized spacial score (nSPS) is 18.7. The predicted molar refractivity (Wildman–Crippen MR) is 123 cm³/mol. The first-order chi connectivity index (χ1) is 13.3. The molecule has 0 aliphatic carbocycles. The van der Waals surface area contributed by atoms with Crippen molar-refractivity contribution in [1.29, 1.82) is 0 Å². The van der Waals surface area contributed by atoms with E-state index in [9.17, 15) is 4.39 Å². The molecule has 0 atom stereocenters. The van der Waals surface area contributed by atoms with Gasteiger partial charge in [0.2, 0.25) is 0 Å². The van der Waals surface area contributed by atoms with Crippen molar-refractivity contribution in [3.63, 3.8) is 0 Å². The number of hydrogen-bond donors (Lipinski definition) is 1. The lowest BCUT2D eigenvalue weighted by atomic mass is 10.2. The fourth-order valence-electron chi connectivity index (χ4n) is 3.65. The van der Waals surface area contributed by atoms with Gasteiger partial charge in [0.15, 0.2) is 5.96 Å². The summed E-state index contributed by atoms with van der Waals surface area (Å²) in [7, 11) is 1.85. The molecule has 0 spiro atoms. The number of hydrogen-bond acceptors (Lipinski definition) is 4. The molecule has 1 aromatic rings. The van der Waals surface area contributed by atoms with Crippen molar-refractivity contribution >= 4 is 35.6 Å². The number of piperazine rings is 1. The van der Waals surface area contributed by atoms with Gasteiger partial charge in [-0.25, -0.2) is 4.39 Å². The highest BCUT2D eigenvalue weighted by Crippen LogP contribution is 2.16. The van der Waals surface area contributed by atoms with Gasteiger partial charge in [-0.05, 0) is 43.7 Å². The Hall–Kier alpha value is -1.13. The lowest BCUT2D eigenvalue weighted by Gasteiger charge is -2.37. The van der Waals surface area contributed by atoms with Crippen LogP contribution in [-0.4, -0.2) is 88.4 Å². The molecule has 1 aromatic carbocycles. The van der Waals surface area contributed by atoms with Gasteiger partial charge in [-0.2, -0.15) is 0 Å². The molecular formula is C20H33FIN5O. The number of aliphatic imine (C=N–C) groups is 1. The summed E-state index contributed by atoms with van der Waals surface area (Å²) in [5.41, 5.74) is 1.09. The van der Waals surface area contributed by atoms with Crippen molar-refractivity contribution in [2.45, 2.75) is 12.8 Å². The Morgan fingerprint density at radius 3 is 2.36 bits per heavy atom. The van der Waals surface area contributed by atoms with E-state index in [4.69, 9.17) is 4.74 Å². The minimum atomic E-state index is -0.185. The molecule has 8 heteroatoms. The third-order valence-corrected chi connectivity index (χ3v) is 5.27. The molecule has 0 radical (unpaired) electrons. The van der Waals surface area contributed by atoms with Gasteiger partial charge in [-0.1, -0.05) is 0 Å². The molecule has 2 heterocycles. The third kappa shape index (κ3) is 7.04. The van der Waals surface area contributed by atoms with Crippen LogP contribution in [0, 0.1) is 5.82 Å². The van der Waals surface area contributed by atoms with E-state index in [1.54, 1.807) is 0 Å². The average Bonchev–Trinajstić information content (AvgIpc) is 2.72. The Bertz CT molecular complexity index is 587. The van der Waals surface area contributed by atoms with Gasteiger partial charge in [0.05, 0.1) is 13.2 Å². The molecule has 2 aliphatic rings. The lowest BCUT2D eigenvalue weighted by Crippen LogP contribution is -2.52. The van der Waals surface area contributed by atoms with Crippen LogP contribution in [0.3, 0.4) is 0 Å². The van der Waals surface area contributed by atoms with Crippen LogP contribution in [0.1, 0.15) is 12.8 Å². The molecule has 28 heavy (non-hydrogen) atoms. The zero-order chi connectivity index (χ0) is 18.9. The Morgan fingerprint density at radius 1 is 1.04 bits per heavy atom. The van der Waals surface area contributed by atoms with Gasteiger partial charge < -0.3 is 19.9 Å². The second kappa shape index (κ2) is 12.4. The average molecular weight is 505 g/mol. The fraction of sp³-hybridized carbons (Fsp3) is 0.650. The van der Waals surface area contributed by atoms with E-state index in [1.807, 2.05) is 19.2 Å². The van der Waals surface area contributed by atoms with Gasteiger partial charge >= 0.3 is 0 Å². The molecule has 3 rings (SSSR count). The molecule has 2 fully saturated rings. The highest BCUT2D eigenvalue weighted by Gasteiger charge is 2.19. The zero-order valence-corrected chi connectivity index (χ0v) is 19.1. The smallest absolute Gasteiger partial charge is 0.193 e. The van der Waals surface area contributed by atoms with Crippen molar-refractivity contribution in [3.8, 4) is 0 Å². The minimum Gasteiger partial charge on any atom is -0.379 e. The number of ether oxygens (including phenoxy) is 1. The molecule has 0 unspecified atom stereocenters. The standard InChI is InChI=1S/C20H32FN5O.HI/c1-22-20(23-8-2-3-9-24-14-16-27-17-15-24)26-12-10-25(11-13-26)19-6-4-18(21)5-7-19;/h4-7H,2-3,8-17H2,1H3,(H,22,23);1H. The van der Waals surface area contributed by atoms with E-state index in [0.29, 0.717) is 0 Å². The summed E-state index contributed by atoms with van der Waals surface area (Å²) < 4.78 is 18.5. The SMILES string of the molecule is CN=C(NCCCCN1CCOCC1)N1CCN(c2ccc(F)cc2)CC1.I. The monoisotopic (exact) mass is 505 g/mol. The Morgan fingerprint density at radius 2 is 1.71 bits per heavy atom. The maximum absolute atomic E-state index is 13.1. The summed E-state index contributed by atoms with van der Waals surface area (Å²) in [5.74, 6) is 0.802. The number of guanidine groups is 1. The molecular weight excluding hydrogens is 472 g/mol. The molecule has 6 nitrogen and oxygen atoms in total. The molecule has 1 N–H and O–H groups in total. The second-order valence-corrected chi connectivity index (χ2v) is 7.09. The fourth-order valence-corrected chi connectivity index (χ4v) is 3.65. The Balaban J connectivity index is 0.00000280. The second-order valence-electron chi connectivity index (χ2n) is 7.09. The summed E-state index contributed by atoms with van der Waals surface area (Å²) in [6.07, 6.45) is 2.34. The van der Waals surface area contributed by atoms with Crippen molar-refractivity contribution in [3.05, 3.63) is 30.1 Å². The van der Waals surface area contributed by atoms with E-state index in [-0.39, 0.29) is 29.8 Å². The van der Waals surface area contributed by atoms with Crippen molar-refractivity contribution in [2.24, 2.45) is 4.99 Å². The minimum absolute atomic E-state index is 0. The number of nitrogens with zero attached hydrogens (tertiary/aromatic N) is 4. The Kier molecular flexibility index (Phi) is 10.3. The highest BCUT2D eigenvalue weighted by molar-refractivity contribution is 14.0. The zero-order valence-electron chi connectivity index (χ0n) is 16.8. The number of unbranched alkanes of at least 4 members (excludes halogenated alkanes) is 1. The first-order valence-corrected chi connectivity index (χ1v) is 10.0. The summed E-state index contributed by atoms with van der Waals surface area (Å²) in [6, 6.07) is 6.76. The predicted octanol–water partition coefficient (Wildman–Crippen LogP) is 2.25. The summed E-state index contributed by atoms with van der Waals surface area (Å²) in [6.45, 7) is 9.65. The van der Waals surface area contributed by atoms with E-state index in [0.717, 1.165) is 83.6 Å². The molecule has 0 bridgehead atoms. The van der Waals surface area contributed by atoms with E-state index in [2.05, 4.69) is 25.0 Å². The molecule has 2 aliphatic heterocycles. The van der Waals surface area contributed by atoms with Crippen molar-refractivity contribution < 1.29 is 9.13 Å². The molecule has 158 valence electrons. The number of anilines is 1. The first kappa shape index (κ1) is 23.2. The van der Waals surface area contributed by atoms with Crippen molar-refractivity contribution in [2.75, 3.05) is 77.5 Å². The number of rotatable bonds is 6. The summed E-state index contributed by atoms with van der Waals surface area (Å²) >= 11 is 0. The van der Waals surface area contributed by atoms with Gasteiger partial charge in [-0.15, -0.1) is 24.0 Å².